The van der Waals surface area contributed by atoms with Gasteiger partial charge in [-0.05, 0) is 61.4 Å². The molecular formula is C32H31ClN4O4. The smallest absolute Gasteiger partial charge is 0.246 e. The second-order valence-corrected chi connectivity index (χ2v) is 9.95. The number of carbonyl (C=O) groups is 3. The van der Waals surface area contributed by atoms with E-state index >= 15 is 0 Å². The summed E-state index contributed by atoms with van der Waals surface area (Å²) in [6.45, 7) is 5.28. The molecule has 9 heteroatoms. The molecule has 0 aliphatic carbocycles. The minimum Gasteiger partial charge on any atom is -0.487 e. The maximum absolute atomic E-state index is 12.9. The lowest BCUT2D eigenvalue weighted by Gasteiger charge is -2.22. The maximum atomic E-state index is 12.9. The van der Waals surface area contributed by atoms with Crippen LogP contribution in [-0.2, 0) is 21.0 Å². The monoisotopic (exact) mass is 570 g/mol. The van der Waals surface area contributed by atoms with Crippen LogP contribution in [0.1, 0.15) is 29.3 Å². The highest BCUT2D eigenvalue weighted by atomic mass is 35.5. The van der Waals surface area contributed by atoms with E-state index in [2.05, 4.69) is 15.6 Å². The van der Waals surface area contributed by atoms with Crippen LogP contribution in [0.25, 0.3) is 17.0 Å². The number of pyridine rings is 1. The van der Waals surface area contributed by atoms with E-state index in [-0.39, 0.29) is 25.0 Å². The van der Waals surface area contributed by atoms with Crippen LogP contribution < -0.4 is 20.3 Å². The molecule has 41 heavy (non-hydrogen) atoms. The number of anilines is 2. The van der Waals surface area contributed by atoms with Crippen LogP contribution in [0.15, 0.2) is 72.8 Å². The fraction of sp³-hybridized carbons (Fsp3) is 0.188. The van der Waals surface area contributed by atoms with Gasteiger partial charge in [0, 0.05) is 42.4 Å². The van der Waals surface area contributed by atoms with E-state index in [9.17, 15) is 14.4 Å². The fourth-order valence-corrected chi connectivity index (χ4v) is 4.55. The van der Waals surface area contributed by atoms with E-state index in [1.54, 1.807) is 43.5 Å². The van der Waals surface area contributed by atoms with Crippen molar-refractivity contribution in [2.24, 2.45) is 0 Å². The number of likely N-dealkylation sites (N-methyl/N-ethyl adjacent to an activating group) is 1. The number of aryl methyl sites for hydroxylation is 2. The second-order valence-electron chi connectivity index (χ2n) is 9.57. The normalized spacial score (nSPS) is 11.0. The molecule has 0 aliphatic rings. The van der Waals surface area contributed by atoms with Crippen LogP contribution in [0.3, 0.4) is 0 Å². The van der Waals surface area contributed by atoms with Gasteiger partial charge in [0.15, 0.2) is 0 Å². The number of aromatic nitrogens is 1. The van der Waals surface area contributed by atoms with Gasteiger partial charge < -0.3 is 20.3 Å². The largest absolute Gasteiger partial charge is 0.487 e. The predicted octanol–water partition coefficient (Wildman–Crippen LogP) is 5.83. The topological polar surface area (TPSA) is 101 Å². The lowest BCUT2D eigenvalue weighted by Crippen LogP contribution is -2.37. The van der Waals surface area contributed by atoms with Gasteiger partial charge in [0.1, 0.15) is 17.9 Å². The summed E-state index contributed by atoms with van der Waals surface area (Å²) >= 11 is 6.77. The van der Waals surface area contributed by atoms with Gasteiger partial charge in [0.2, 0.25) is 17.7 Å². The number of ether oxygens (including phenoxy) is 1. The van der Waals surface area contributed by atoms with E-state index in [4.69, 9.17) is 16.3 Å². The molecule has 4 aromatic rings. The zero-order valence-corrected chi connectivity index (χ0v) is 24.1. The SMILES string of the molecule is CC(=O)Nc1ccc(/C=C/C(=O)NCC(=O)N(C)c2ccc(C)c(COc3cccc4ccc(C)nc34)c2Cl)cc1. The van der Waals surface area contributed by atoms with Gasteiger partial charge in [-0.15, -0.1) is 0 Å². The van der Waals surface area contributed by atoms with Gasteiger partial charge in [-0.2, -0.15) is 0 Å². The van der Waals surface area contributed by atoms with Crippen molar-refractivity contribution in [1.82, 2.24) is 10.3 Å². The molecular weight excluding hydrogens is 540 g/mol. The minimum atomic E-state index is -0.416. The third-order valence-electron chi connectivity index (χ3n) is 6.46. The van der Waals surface area contributed by atoms with Crippen LogP contribution in [0.2, 0.25) is 5.02 Å². The van der Waals surface area contributed by atoms with Crippen LogP contribution in [0.4, 0.5) is 11.4 Å². The zero-order valence-electron chi connectivity index (χ0n) is 23.3. The van der Waals surface area contributed by atoms with E-state index in [1.807, 2.05) is 50.2 Å². The summed E-state index contributed by atoms with van der Waals surface area (Å²) in [6.07, 6.45) is 2.97. The van der Waals surface area contributed by atoms with E-state index in [0.29, 0.717) is 22.1 Å². The Balaban J connectivity index is 1.38. The van der Waals surface area contributed by atoms with Crippen molar-refractivity contribution in [2.45, 2.75) is 27.4 Å². The molecule has 0 atom stereocenters. The number of carbonyl (C=O) groups excluding carboxylic acids is 3. The number of nitrogens with zero attached hydrogens (tertiary/aromatic N) is 2. The Bertz CT molecular complexity index is 1630. The highest BCUT2D eigenvalue weighted by Gasteiger charge is 2.18. The van der Waals surface area contributed by atoms with Crippen LogP contribution in [-0.4, -0.2) is 36.3 Å². The average Bonchev–Trinajstić information content (AvgIpc) is 2.95. The van der Waals surface area contributed by atoms with Gasteiger partial charge >= 0.3 is 0 Å². The van der Waals surface area contributed by atoms with Crippen molar-refractivity contribution in [3.05, 3.63) is 100 Å². The summed E-state index contributed by atoms with van der Waals surface area (Å²) in [5.41, 5.74) is 5.29. The minimum absolute atomic E-state index is 0.160. The molecule has 8 nitrogen and oxygen atoms in total. The van der Waals surface area contributed by atoms with E-state index < -0.39 is 5.91 Å². The molecule has 0 bridgehead atoms. The first kappa shape index (κ1) is 29.3. The number of hydrogen-bond acceptors (Lipinski definition) is 5. The highest BCUT2D eigenvalue weighted by molar-refractivity contribution is 6.34. The number of rotatable bonds is 9. The van der Waals surface area contributed by atoms with Gasteiger partial charge in [-0.25, -0.2) is 4.98 Å². The van der Waals surface area contributed by atoms with Crippen molar-refractivity contribution in [3.8, 4) is 5.75 Å². The summed E-state index contributed by atoms with van der Waals surface area (Å²) in [5, 5.41) is 6.67. The Morgan fingerprint density at radius 1 is 1.00 bits per heavy atom. The molecule has 0 saturated heterocycles. The van der Waals surface area contributed by atoms with Crippen LogP contribution in [0.5, 0.6) is 5.75 Å². The second kappa shape index (κ2) is 13.1. The number of para-hydroxylation sites is 1. The van der Waals surface area contributed by atoms with Crippen molar-refractivity contribution >= 4 is 57.7 Å². The molecule has 4 rings (SSSR count). The Morgan fingerprint density at radius 3 is 2.49 bits per heavy atom. The molecule has 0 radical (unpaired) electrons. The van der Waals surface area contributed by atoms with Crippen molar-refractivity contribution < 1.29 is 19.1 Å². The van der Waals surface area contributed by atoms with Crippen molar-refractivity contribution in [3.63, 3.8) is 0 Å². The summed E-state index contributed by atoms with van der Waals surface area (Å²) < 4.78 is 6.15. The van der Waals surface area contributed by atoms with Gasteiger partial charge in [0.25, 0.3) is 0 Å². The number of halogens is 1. The predicted molar refractivity (Wildman–Crippen MR) is 163 cm³/mol. The summed E-state index contributed by atoms with van der Waals surface area (Å²) in [4.78, 5) is 42.4. The van der Waals surface area contributed by atoms with E-state index in [0.717, 1.165) is 33.3 Å². The van der Waals surface area contributed by atoms with Crippen LogP contribution in [0, 0.1) is 13.8 Å². The Hall–Kier alpha value is -4.69. The molecule has 0 unspecified atom stereocenters. The number of nitrogens with one attached hydrogen (secondary N) is 2. The van der Waals surface area contributed by atoms with Crippen LogP contribution >= 0.6 is 11.6 Å². The average molecular weight is 571 g/mol. The molecule has 0 spiro atoms. The first-order valence-electron chi connectivity index (χ1n) is 13.0. The Labute approximate surface area is 244 Å². The van der Waals surface area contributed by atoms with Crippen molar-refractivity contribution in [1.29, 1.82) is 0 Å². The number of benzene rings is 3. The summed E-state index contributed by atoms with van der Waals surface area (Å²) in [6, 6.07) is 20.4. The molecule has 210 valence electrons. The summed E-state index contributed by atoms with van der Waals surface area (Å²) in [7, 11) is 1.61. The molecule has 0 saturated carbocycles. The number of amides is 3. The first-order chi connectivity index (χ1) is 19.6. The first-order valence-corrected chi connectivity index (χ1v) is 13.4. The lowest BCUT2D eigenvalue weighted by atomic mass is 10.1. The zero-order chi connectivity index (χ0) is 29.5. The molecule has 1 aromatic heterocycles. The van der Waals surface area contributed by atoms with Gasteiger partial charge in [0.05, 0.1) is 17.3 Å². The Morgan fingerprint density at radius 2 is 1.76 bits per heavy atom. The quantitative estimate of drug-likeness (QED) is 0.246. The molecule has 3 amide bonds. The molecule has 1 heterocycles. The van der Waals surface area contributed by atoms with Gasteiger partial charge in [-0.1, -0.05) is 48.0 Å². The third-order valence-corrected chi connectivity index (χ3v) is 6.88. The van der Waals surface area contributed by atoms with Crippen molar-refractivity contribution in [2.75, 3.05) is 23.8 Å². The van der Waals surface area contributed by atoms with Gasteiger partial charge in [-0.3, -0.25) is 14.4 Å². The van der Waals surface area contributed by atoms with E-state index in [1.165, 1.54) is 17.9 Å². The number of fused-ring (bicyclic) bond motifs is 1. The number of hydrogen-bond donors (Lipinski definition) is 2. The third kappa shape index (κ3) is 7.49. The molecule has 2 N–H and O–H groups in total. The highest BCUT2D eigenvalue weighted by Crippen LogP contribution is 2.33. The standard InChI is InChI=1S/C32H31ClN4O4/c1-20-8-16-27(31(33)26(20)19-41-28-7-5-6-24-13-9-21(2)35-32(24)28)37(4)30(40)18-34-29(39)17-12-23-10-14-25(15-11-23)36-22(3)38/h5-17H,18-19H2,1-4H3,(H,34,39)(H,36,38)/b17-12+. The lowest BCUT2D eigenvalue weighted by molar-refractivity contribution is -0.122. The molecule has 0 aliphatic heterocycles. The fourth-order valence-electron chi connectivity index (χ4n) is 4.15. The maximum Gasteiger partial charge on any atom is 0.246 e. The molecule has 3 aromatic carbocycles. The molecule has 0 fully saturated rings. The summed E-state index contributed by atoms with van der Waals surface area (Å²) in [5.74, 6) is -0.262. The Kier molecular flexibility index (Phi) is 9.37.